The first-order valence-corrected chi connectivity index (χ1v) is 6.67. The first kappa shape index (κ1) is 16.6. The van der Waals surface area contributed by atoms with E-state index in [1.807, 2.05) is 4.90 Å². The zero-order valence-corrected chi connectivity index (χ0v) is 11.8. The van der Waals surface area contributed by atoms with Crippen molar-refractivity contribution in [3.63, 3.8) is 0 Å². The van der Waals surface area contributed by atoms with E-state index in [0.29, 0.717) is 26.2 Å². The molecule has 4 nitrogen and oxygen atoms in total. The van der Waals surface area contributed by atoms with E-state index in [1.54, 1.807) is 4.90 Å². The normalized spacial score (nSPS) is 22.4. The molecule has 0 unspecified atom stereocenters. The van der Waals surface area contributed by atoms with Gasteiger partial charge in [-0.3, -0.25) is 9.69 Å². The number of piperazine rings is 1. The number of alkyl halides is 2. The largest absolute Gasteiger partial charge is 0.340 e. The molecule has 1 N–H and O–H groups in total. The summed E-state index contributed by atoms with van der Waals surface area (Å²) in [6.07, 6.45) is -0.483. The number of halogens is 3. The SMILES string of the molecule is Cl.O=C(C1CCNCC1)N1CCN(CC(F)F)CC1. The summed E-state index contributed by atoms with van der Waals surface area (Å²) in [4.78, 5) is 15.8. The maximum absolute atomic E-state index is 12.2. The fourth-order valence-corrected chi connectivity index (χ4v) is 2.67. The van der Waals surface area contributed by atoms with Gasteiger partial charge in [0.05, 0.1) is 6.54 Å². The molecule has 2 fully saturated rings. The van der Waals surface area contributed by atoms with Gasteiger partial charge < -0.3 is 10.2 Å². The Morgan fingerprint density at radius 2 is 1.74 bits per heavy atom. The Hall–Kier alpha value is -0.460. The highest BCUT2D eigenvalue weighted by Gasteiger charge is 2.28. The van der Waals surface area contributed by atoms with Crippen LogP contribution in [0.1, 0.15) is 12.8 Å². The molecule has 112 valence electrons. The Morgan fingerprint density at radius 1 is 1.16 bits per heavy atom. The first-order chi connectivity index (χ1) is 8.66. The third kappa shape index (κ3) is 4.85. The molecule has 2 heterocycles. The summed E-state index contributed by atoms with van der Waals surface area (Å²) in [6, 6.07) is 0. The lowest BCUT2D eigenvalue weighted by atomic mass is 9.96. The fraction of sp³-hybridized carbons (Fsp3) is 0.917. The standard InChI is InChI=1S/C12H21F2N3O.ClH/c13-11(14)9-16-5-7-17(8-6-16)12(18)10-1-3-15-4-2-10;/h10-11,15H,1-9H2;1H. The number of hydrogen-bond donors (Lipinski definition) is 1. The maximum atomic E-state index is 12.2. The van der Waals surface area contributed by atoms with Gasteiger partial charge in [0.15, 0.2) is 0 Å². The lowest BCUT2D eigenvalue weighted by Crippen LogP contribution is -2.52. The van der Waals surface area contributed by atoms with Gasteiger partial charge in [-0.05, 0) is 25.9 Å². The molecular formula is C12H22ClF2N3O. The summed E-state index contributed by atoms with van der Waals surface area (Å²) in [7, 11) is 0. The van der Waals surface area contributed by atoms with Gasteiger partial charge in [-0.25, -0.2) is 8.78 Å². The minimum absolute atomic E-state index is 0. The molecule has 0 spiro atoms. The molecular weight excluding hydrogens is 276 g/mol. The molecule has 0 saturated carbocycles. The molecule has 0 radical (unpaired) electrons. The summed E-state index contributed by atoms with van der Waals surface area (Å²) in [5.41, 5.74) is 0. The van der Waals surface area contributed by atoms with Crippen molar-refractivity contribution in [1.82, 2.24) is 15.1 Å². The first-order valence-electron chi connectivity index (χ1n) is 6.67. The molecule has 0 aromatic carbocycles. The molecule has 0 aromatic rings. The van der Waals surface area contributed by atoms with Crippen LogP contribution in [0.3, 0.4) is 0 Å². The smallest absolute Gasteiger partial charge is 0.251 e. The highest BCUT2D eigenvalue weighted by atomic mass is 35.5. The molecule has 1 amide bonds. The highest BCUT2D eigenvalue weighted by molar-refractivity contribution is 5.85. The van der Waals surface area contributed by atoms with Gasteiger partial charge in [-0.1, -0.05) is 0 Å². The van der Waals surface area contributed by atoms with Crippen LogP contribution in [0.5, 0.6) is 0 Å². The highest BCUT2D eigenvalue weighted by Crippen LogP contribution is 2.16. The number of rotatable bonds is 3. The molecule has 2 saturated heterocycles. The molecule has 19 heavy (non-hydrogen) atoms. The molecule has 0 aliphatic carbocycles. The molecule has 0 bridgehead atoms. The Labute approximate surface area is 118 Å². The predicted molar refractivity (Wildman–Crippen MR) is 71.9 cm³/mol. The van der Waals surface area contributed by atoms with Gasteiger partial charge in [0, 0.05) is 32.1 Å². The maximum Gasteiger partial charge on any atom is 0.251 e. The van der Waals surface area contributed by atoms with Gasteiger partial charge in [0.2, 0.25) is 5.91 Å². The minimum atomic E-state index is -2.28. The lowest BCUT2D eigenvalue weighted by molar-refractivity contribution is -0.138. The van der Waals surface area contributed by atoms with Crippen LogP contribution < -0.4 is 5.32 Å². The summed E-state index contributed by atoms with van der Waals surface area (Å²) in [5.74, 6) is 0.348. The van der Waals surface area contributed by atoms with E-state index in [-0.39, 0.29) is 30.8 Å². The molecule has 2 rings (SSSR count). The van der Waals surface area contributed by atoms with Crippen molar-refractivity contribution >= 4 is 18.3 Å². The van der Waals surface area contributed by atoms with E-state index >= 15 is 0 Å². The molecule has 0 atom stereocenters. The van der Waals surface area contributed by atoms with Crippen molar-refractivity contribution in [2.24, 2.45) is 5.92 Å². The molecule has 0 aromatic heterocycles. The van der Waals surface area contributed by atoms with Crippen molar-refractivity contribution < 1.29 is 13.6 Å². The molecule has 7 heteroatoms. The van der Waals surface area contributed by atoms with Gasteiger partial charge in [-0.15, -0.1) is 12.4 Å². The number of carbonyl (C=O) groups is 1. The van der Waals surface area contributed by atoms with Gasteiger partial charge in [-0.2, -0.15) is 0 Å². The van der Waals surface area contributed by atoms with Gasteiger partial charge in [0.25, 0.3) is 6.43 Å². The molecule has 2 aliphatic rings. The van der Waals surface area contributed by atoms with Crippen molar-refractivity contribution in [2.75, 3.05) is 45.8 Å². The Balaban J connectivity index is 0.00000180. The Morgan fingerprint density at radius 3 is 2.26 bits per heavy atom. The third-order valence-electron chi connectivity index (χ3n) is 3.77. The Kier molecular flexibility index (Phi) is 6.96. The summed E-state index contributed by atoms with van der Waals surface area (Å²) < 4.78 is 24.5. The van der Waals surface area contributed by atoms with Crippen molar-refractivity contribution in [3.8, 4) is 0 Å². The number of nitrogens with one attached hydrogen (secondary N) is 1. The summed E-state index contributed by atoms with van der Waals surface area (Å²) >= 11 is 0. The summed E-state index contributed by atoms with van der Waals surface area (Å²) in [5, 5.41) is 3.24. The average molecular weight is 298 g/mol. The van der Waals surface area contributed by atoms with E-state index < -0.39 is 6.43 Å². The fourth-order valence-electron chi connectivity index (χ4n) is 2.67. The van der Waals surface area contributed by atoms with Crippen LogP contribution in [0, 0.1) is 5.92 Å². The predicted octanol–water partition coefficient (Wildman–Crippen LogP) is 0.817. The number of amides is 1. The lowest BCUT2D eigenvalue weighted by Gasteiger charge is -2.37. The molecule has 2 aliphatic heterocycles. The van der Waals surface area contributed by atoms with Crippen LogP contribution in [0.25, 0.3) is 0 Å². The van der Waals surface area contributed by atoms with Crippen LogP contribution in [-0.2, 0) is 4.79 Å². The quantitative estimate of drug-likeness (QED) is 0.838. The zero-order chi connectivity index (χ0) is 13.0. The number of piperidine rings is 1. The van der Waals surface area contributed by atoms with Crippen LogP contribution in [0.2, 0.25) is 0 Å². The second kappa shape index (κ2) is 7.97. The average Bonchev–Trinajstić information content (AvgIpc) is 2.39. The number of carbonyl (C=O) groups excluding carboxylic acids is 1. The monoisotopic (exact) mass is 297 g/mol. The Bertz CT molecular complexity index is 280. The second-order valence-corrected chi connectivity index (χ2v) is 5.04. The minimum Gasteiger partial charge on any atom is -0.340 e. The number of hydrogen-bond acceptors (Lipinski definition) is 3. The van der Waals surface area contributed by atoms with E-state index in [1.165, 1.54) is 0 Å². The van der Waals surface area contributed by atoms with E-state index in [4.69, 9.17) is 0 Å². The van der Waals surface area contributed by atoms with E-state index in [2.05, 4.69) is 5.32 Å². The topological polar surface area (TPSA) is 35.6 Å². The van der Waals surface area contributed by atoms with Crippen LogP contribution in [0.15, 0.2) is 0 Å². The van der Waals surface area contributed by atoms with E-state index in [0.717, 1.165) is 25.9 Å². The van der Waals surface area contributed by atoms with E-state index in [9.17, 15) is 13.6 Å². The van der Waals surface area contributed by atoms with Crippen molar-refractivity contribution in [3.05, 3.63) is 0 Å². The number of nitrogens with zero attached hydrogens (tertiary/aromatic N) is 2. The van der Waals surface area contributed by atoms with Crippen LogP contribution >= 0.6 is 12.4 Å². The van der Waals surface area contributed by atoms with Crippen LogP contribution in [-0.4, -0.2) is 67.9 Å². The van der Waals surface area contributed by atoms with Gasteiger partial charge in [0.1, 0.15) is 0 Å². The van der Waals surface area contributed by atoms with Crippen molar-refractivity contribution in [1.29, 1.82) is 0 Å². The zero-order valence-electron chi connectivity index (χ0n) is 11.0. The van der Waals surface area contributed by atoms with Crippen molar-refractivity contribution in [2.45, 2.75) is 19.3 Å². The second-order valence-electron chi connectivity index (χ2n) is 5.04. The van der Waals surface area contributed by atoms with Gasteiger partial charge >= 0.3 is 0 Å². The third-order valence-corrected chi connectivity index (χ3v) is 3.77. The summed E-state index contributed by atoms with van der Waals surface area (Å²) in [6.45, 7) is 3.96. The van der Waals surface area contributed by atoms with Crippen LogP contribution in [0.4, 0.5) is 8.78 Å².